The van der Waals surface area contributed by atoms with Crippen molar-refractivity contribution in [2.75, 3.05) is 13.7 Å². The minimum absolute atomic E-state index is 0.326. The Labute approximate surface area is 201 Å². The number of halogens is 5. The molecule has 35 heavy (non-hydrogen) atoms. The highest BCUT2D eigenvalue weighted by atomic mass is 19.4. The minimum atomic E-state index is -4.38. The van der Waals surface area contributed by atoms with Crippen molar-refractivity contribution in [3.05, 3.63) is 107 Å². The van der Waals surface area contributed by atoms with E-state index < -0.39 is 11.7 Å². The smallest absolute Gasteiger partial charge is 0.385 e. The van der Waals surface area contributed by atoms with Crippen LogP contribution in [0.15, 0.2) is 72.8 Å². The van der Waals surface area contributed by atoms with Gasteiger partial charge in [-0.3, -0.25) is 0 Å². The molecule has 0 fully saturated rings. The average molecular weight is 485 g/mol. The number of rotatable bonds is 8. The molecule has 0 spiro atoms. The minimum Gasteiger partial charge on any atom is -0.385 e. The molecule has 6 heteroatoms. The van der Waals surface area contributed by atoms with Gasteiger partial charge in [0.2, 0.25) is 0 Å². The van der Waals surface area contributed by atoms with E-state index in [0.29, 0.717) is 52.5 Å². The number of alkyl halides is 3. The maximum atomic E-state index is 15.2. The second-order valence-electron chi connectivity index (χ2n) is 8.58. The highest BCUT2D eigenvalue weighted by Crippen LogP contribution is 2.31. The van der Waals surface area contributed by atoms with Gasteiger partial charge in [-0.1, -0.05) is 48.5 Å². The third kappa shape index (κ3) is 5.88. The molecule has 4 aromatic carbocycles. The molecule has 1 nitrogen and oxygen atoms in total. The van der Waals surface area contributed by atoms with Crippen LogP contribution in [0.25, 0.3) is 21.9 Å². The summed E-state index contributed by atoms with van der Waals surface area (Å²) in [5.41, 5.74) is 2.49. The van der Waals surface area contributed by atoms with E-state index in [2.05, 4.69) is 0 Å². The fourth-order valence-electron chi connectivity index (χ4n) is 4.21. The molecule has 0 aliphatic rings. The van der Waals surface area contributed by atoms with Gasteiger partial charge in [0.25, 0.3) is 0 Å². The van der Waals surface area contributed by atoms with Crippen LogP contribution >= 0.6 is 0 Å². The molecule has 0 N–H and O–H groups in total. The molecule has 0 saturated heterocycles. The monoisotopic (exact) mass is 484 g/mol. The van der Waals surface area contributed by atoms with Crippen molar-refractivity contribution in [2.45, 2.75) is 31.9 Å². The van der Waals surface area contributed by atoms with Crippen LogP contribution in [0.5, 0.6) is 0 Å². The first kappa shape index (κ1) is 24.9. The van der Waals surface area contributed by atoms with E-state index in [-0.39, 0.29) is 11.6 Å². The predicted octanol–water partition coefficient (Wildman–Crippen LogP) is 8.17. The van der Waals surface area contributed by atoms with E-state index >= 15 is 4.39 Å². The Kier molecular flexibility index (Phi) is 7.51. The molecule has 0 amide bonds. The summed E-state index contributed by atoms with van der Waals surface area (Å²) in [5, 5.41) is 1.08. The first-order valence-corrected chi connectivity index (χ1v) is 11.4. The largest absolute Gasteiger partial charge is 0.416 e. The molecule has 182 valence electrons. The first-order chi connectivity index (χ1) is 16.8. The van der Waals surface area contributed by atoms with Crippen LogP contribution in [-0.2, 0) is 30.2 Å². The maximum absolute atomic E-state index is 15.2. The lowest BCUT2D eigenvalue weighted by Crippen LogP contribution is -2.04. The molecule has 0 aromatic heterocycles. The molecule has 4 rings (SSSR count). The molecule has 0 atom stereocenters. The molecule has 0 heterocycles. The van der Waals surface area contributed by atoms with Crippen molar-refractivity contribution < 1.29 is 26.7 Å². The Morgan fingerprint density at radius 2 is 1.49 bits per heavy atom. The van der Waals surface area contributed by atoms with Gasteiger partial charge >= 0.3 is 6.18 Å². The van der Waals surface area contributed by atoms with Gasteiger partial charge in [-0.25, -0.2) is 8.78 Å². The van der Waals surface area contributed by atoms with Crippen LogP contribution in [0.1, 0.15) is 28.7 Å². The summed E-state index contributed by atoms with van der Waals surface area (Å²) < 4.78 is 73.2. The highest BCUT2D eigenvalue weighted by Gasteiger charge is 2.29. The molecule has 0 aliphatic carbocycles. The Morgan fingerprint density at radius 1 is 0.743 bits per heavy atom. The van der Waals surface area contributed by atoms with E-state index in [9.17, 15) is 17.6 Å². The summed E-state index contributed by atoms with van der Waals surface area (Å²) in [7, 11) is 1.63. The second-order valence-corrected chi connectivity index (χ2v) is 8.58. The zero-order valence-electron chi connectivity index (χ0n) is 19.3. The number of hydrogen-bond acceptors (Lipinski definition) is 1. The molecule has 0 aliphatic heterocycles. The molecule has 0 unspecified atom stereocenters. The molecule has 4 aromatic rings. The number of hydrogen-bond donors (Lipinski definition) is 0. The van der Waals surface area contributed by atoms with Crippen molar-refractivity contribution in [2.24, 2.45) is 0 Å². The number of aryl methyl sites for hydroxylation is 3. The summed E-state index contributed by atoms with van der Waals surface area (Å²) in [4.78, 5) is 0. The number of ether oxygens (including phenoxy) is 1. The number of benzene rings is 4. The van der Waals surface area contributed by atoms with Gasteiger partial charge in [0, 0.05) is 24.7 Å². The fraction of sp³-hybridized carbons (Fsp3) is 0.241. The molecule has 0 radical (unpaired) electrons. The molecule has 0 saturated carbocycles. The molecular formula is C29H25F5O. The lowest BCUT2D eigenvalue weighted by molar-refractivity contribution is -0.137. The van der Waals surface area contributed by atoms with Crippen LogP contribution in [-0.4, -0.2) is 13.7 Å². The standard InChI is InChI=1S/C29H25F5O/c1-35-16-2-3-20-7-14-25(27(30)17-20)22-11-15-26-23(18-22)10-9-21(28(26)31)8-4-19-5-12-24(13-6-19)29(32,33)34/h5-7,9-15,17-18H,2-4,8,16H2,1H3. The van der Waals surface area contributed by atoms with Crippen molar-refractivity contribution in [1.82, 2.24) is 0 Å². The summed E-state index contributed by atoms with van der Waals surface area (Å²) in [6.45, 7) is 0.617. The number of fused-ring (bicyclic) bond motifs is 1. The van der Waals surface area contributed by atoms with Gasteiger partial charge in [-0.15, -0.1) is 0 Å². The van der Waals surface area contributed by atoms with E-state index in [0.717, 1.165) is 30.5 Å². The van der Waals surface area contributed by atoms with E-state index in [1.165, 1.54) is 18.2 Å². The summed E-state index contributed by atoms with van der Waals surface area (Å²) in [6, 6.07) is 18.7. The van der Waals surface area contributed by atoms with E-state index in [1.54, 1.807) is 43.5 Å². The van der Waals surface area contributed by atoms with Crippen LogP contribution in [0.2, 0.25) is 0 Å². The van der Waals surface area contributed by atoms with Crippen molar-refractivity contribution in [1.29, 1.82) is 0 Å². The maximum Gasteiger partial charge on any atom is 0.416 e. The zero-order chi connectivity index (χ0) is 25.0. The van der Waals surface area contributed by atoms with Gasteiger partial charge in [0.05, 0.1) is 5.56 Å². The van der Waals surface area contributed by atoms with E-state index in [1.807, 2.05) is 6.07 Å². The van der Waals surface area contributed by atoms with Gasteiger partial charge in [0.15, 0.2) is 0 Å². The Morgan fingerprint density at radius 3 is 2.17 bits per heavy atom. The van der Waals surface area contributed by atoms with E-state index in [4.69, 9.17) is 4.74 Å². The zero-order valence-corrected chi connectivity index (χ0v) is 19.3. The quantitative estimate of drug-likeness (QED) is 0.181. The van der Waals surface area contributed by atoms with Crippen LogP contribution in [0, 0.1) is 11.6 Å². The number of methoxy groups -OCH3 is 1. The SMILES string of the molecule is COCCCc1ccc(-c2ccc3c(F)c(CCc4ccc(C(F)(F)F)cc4)ccc3c2)c(F)c1. The van der Waals surface area contributed by atoms with Crippen molar-refractivity contribution >= 4 is 10.8 Å². The van der Waals surface area contributed by atoms with Gasteiger partial charge in [-0.05, 0) is 77.6 Å². The lowest BCUT2D eigenvalue weighted by Gasteiger charge is -2.11. The van der Waals surface area contributed by atoms with Gasteiger partial charge in [-0.2, -0.15) is 13.2 Å². The van der Waals surface area contributed by atoms with Crippen molar-refractivity contribution in [3.8, 4) is 11.1 Å². The molecule has 0 bridgehead atoms. The van der Waals surface area contributed by atoms with Crippen molar-refractivity contribution in [3.63, 3.8) is 0 Å². The Hall–Kier alpha value is -3.25. The normalized spacial score (nSPS) is 11.8. The summed E-state index contributed by atoms with van der Waals surface area (Å²) in [5.74, 6) is -0.692. The first-order valence-electron chi connectivity index (χ1n) is 11.4. The Bertz CT molecular complexity index is 1310. The fourth-order valence-corrected chi connectivity index (χ4v) is 4.21. The summed E-state index contributed by atoms with van der Waals surface area (Å²) >= 11 is 0. The van der Waals surface area contributed by atoms with Crippen LogP contribution in [0.3, 0.4) is 0 Å². The second kappa shape index (κ2) is 10.6. The summed E-state index contributed by atoms with van der Waals surface area (Å²) in [6.07, 6.45) is -2.07. The van der Waals surface area contributed by atoms with Crippen LogP contribution < -0.4 is 0 Å². The molecular weight excluding hydrogens is 459 g/mol. The average Bonchev–Trinajstić information content (AvgIpc) is 2.83. The van der Waals surface area contributed by atoms with Crippen LogP contribution in [0.4, 0.5) is 22.0 Å². The third-order valence-electron chi connectivity index (χ3n) is 6.16. The topological polar surface area (TPSA) is 9.23 Å². The Balaban J connectivity index is 1.51. The highest BCUT2D eigenvalue weighted by molar-refractivity contribution is 5.88. The van der Waals surface area contributed by atoms with Gasteiger partial charge in [0.1, 0.15) is 11.6 Å². The van der Waals surface area contributed by atoms with Gasteiger partial charge < -0.3 is 4.74 Å². The third-order valence-corrected chi connectivity index (χ3v) is 6.16. The predicted molar refractivity (Wildman–Crippen MR) is 128 cm³/mol. The lowest BCUT2D eigenvalue weighted by atomic mass is 9.96.